The van der Waals surface area contributed by atoms with E-state index in [4.69, 9.17) is 0 Å². The molecule has 1 aromatic carbocycles. The second-order valence-electron chi connectivity index (χ2n) is 5.63. The Morgan fingerprint density at radius 2 is 2.21 bits per heavy atom. The highest BCUT2D eigenvalue weighted by Crippen LogP contribution is 2.29. The first-order chi connectivity index (χ1) is 9.20. The molecule has 1 aliphatic heterocycles. The van der Waals surface area contributed by atoms with Gasteiger partial charge < -0.3 is 10.4 Å². The van der Waals surface area contributed by atoms with Gasteiger partial charge in [0, 0.05) is 25.2 Å². The van der Waals surface area contributed by atoms with E-state index in [1.165, 1.54) is 12.8 Å². The Morgan fingerprint density at radius 1 is 1.37 bits per heavy atom. The molecular weight excluding hydrogens is 240 g/mol. The van der Waals surface area contributed by atoms with Gasteiger partial charge in [-0.1, -0.05) is 12.1 Å². The maximum Gasteiger partial charge on any atom is 0.224 e. The molecule has 1 saturated carbocycles. The summed E-state index contributed by atoms with van der Waals surface area (Å²) in [5.74, 6) is 0.263. The van der Waals surface area contributed by atoms with E-state index >= 15 is 0 Å². The van der Waals surface area contributed by atoms with Crippen LogP contribution >= 0.6 is 0 Å². The SMILES string of the molecule is O=C(Cc1cccc(O)c1)N[C@@H]1CCN(C2CC2)C1. The van der Waals surface area contributed by atoms with Crippen LogP contribution in [-0.4, -0.2) is 41.1 Å². The third-order valence-corrected chi connectivity index (χ3v) is 3.92. The average Bonchev–Trinajstić information content (AvgIpc) is 3.11. The molecule has 1 amide bonds. The van der Waals surface area contributed by atoms with Crippen molar-refractivity contribution in [1.29, 1.82) is 0 Å². The van der Waals surface area contributed by atoms with Crippen LogP contribution in [0.15, 0.2) is 24.3 Å². The van der Waals surface area contributed by atoms with Crippen molar-refractivity contribution < 1.29 is 9.90 Å². The summed E-state index contributed by atoms with van der Waals surface area (Å²) >= 11 is 0. The van der Waals surface area contributed by atoms with Crippen molar-refractivity contribution in [1.82, 2.24) is 10.2 Å². The van der Waals surface area contributed by atoms with Gasteiger partial charge >= 0.3 is 0 Å². The fourth-order valence-electron chi connectivity index (χ4n) is 2.81. The van der Waals surface area contributed by atoms with Crippen LogP contribution in [0.1, 0.15) is 24.8 Å². The number of hydrogen-bond acceptors (Lipinski definition) is 3. The van der Waals surface area contributed by atoms with E-state index in [-0.39, 0.29) is 11.7 Å². The van der Waals surface area contributed by atoms with E-state index in [1.807, 2.05) is 6.07 Å². The van der Waals surface area contributed by atoms with Gasteiger partial charge in [0.25, 0.3) is 0 Å². The quantitative estimate of drug-likeness (QED) is 0.857. The summed E-state index contributed by atoms with van der Waals surface area (Å²) in [5.41, 5.74) is 0.856. The predicted octanol–water partition coefficient (Wildman–Crippen LogP) is 1.29. The first-order valence-corrected chi connectivity index (χ1v) is 7.02. The highest BCUT2D eigenvalue weighted by Gasteiger charge is 2.34. The largest absolute Gasteiger partial charge is 0.508 e. The molecule has 0 unspecified atom stereocenters. The van der Waals surface area contributed by atoms with Crippen molar-refractivity contribution in [3.8, 4) is 5.75 Å². The summed E-state index contributed by atoms with van der Waals surface area (Å²) in [5, 5.41) is 12.5. The average molecular weight is 260 g/mol. The molecule has 0 bridgehead atoms. The van der Waals surface area contributed by atoms with Crippen LogP contribution in [0.4, 0.5) is 0 Å². The Balaban J connectivity index is 1.48. The lowest BCUT2D eigenvalue weighted by Crippen LogP contribution is -2.38. The number of phenolic OH excluding ortho intramolecular Hbond substituents is 1. The van der Waals surface area contributed by atoms with E-state index in [0.717, 1.165) is 31.1 Å². The number of nitrogens with zero attached hydrogens (tertiary/aromatic N) is 1. The molecule has 102 valence electrons. The Hall–Kier alpha value is -1.55. The van der Waals surface area contributed by atoms with Crippen LogP contribution in [0.3, 0.4) is 0 Å². The number of carbonyl (C=O) groups excluding carboxylic acids is 1. The van der Waals surface area contributed by atoms with Crippen molar-refractivity contribution in [2.45, 2.75) is 37.8 Å². The Bertz CT molecular complexity index is 471. The molecule has 2 fully saturated rings. The van der Waals surface area contributed by atoms with Gasteiger partial charge in [-0.3, -0.25) is 9.69 Å². The Labute approximate surface area is 113 Å². The molecule has 1 atom stereocenters. The molecule has 19 heavy (non-hydrogen) atoms. The van der Waals surface area contributed by atoms with Gasteiger partial charge in [-0.05, 0) is 37.0 Å². The number of rotatable bonds is 4. The molecule has 1 aromatic rings. The van der Waals surface area contributed by atoms with Crippen LogP contribution in [0.5, 0.6) is 5.75 Å². The Kier molecular flexibility index (Phi) is 3.42. The highest BCUT2D eigenvalue weighted by atomic mass is 16.3. The van der Waals surface area contributed by atoms with Crippen molar-refractivity contribution in [2.75, 3.05) is 13.1 Å². The molecule has 2 N–H and O–H groups in total. The molecule has 3 rings (SSSR count). The van der Waals surface area contributed by atoms with Crippen molar-refractivity contribution >= 4 is 5.91 Å². The smallest absolute Gasteiger partial charge is 0.224 e. The minimum absolute atomic E-state index is 0.0493. The number of nitrogens with one attached hydrogen (secondary N) is 1. The van der Waals surface area contributed by atoms with E-state index < -0.39 is 0 Å². The summed E-state index contributed by atoms with van der Waals surface area (Å²) in [6.45, 7) is 2.11. The second kappa shape index (κ2) is 5.21. The maximum atomic E-state index is 12.0. The summed E-state index contributed by atoms with van der Waals surface area (Å²) < 4.78 is 0. The van der Waals surface area contributed by atoms with E-state index in [9.17, 15) is 9.90 Å². The maximum absolute atomic E-state index is 12.0. The fraction of sp³-hybridized carbons (Fsp3) is 0.533. The number of amides is 1. The first-order valence-electron chi connectivity index (χ1n) is 7.02. The van der Waals surface area contributed by atoms with Gasteiger partial charge in [0.05, 0.1) is 6.42 Å². The Morgan fingerprint density at radius 3 is 2.95 bits per heavy atom. The normalized spacial score (nSPS) is 23.5. The summed E-state index contributed by atoms with van der Waals surface area (Å²) in [6, 6.07) is 7.97. The minimum atomic E-state index is 0.0493. The lowest BCUT2D eigenvalue weighted by molar-refractivity contribution is -0.121. The lowest BCUT2D eigenvalue weighted by atomic mass is 10.1. The zero-order valence-corrected chi connectivity index (χ0v) is 11.0. The van der Waals surface area contributed by atoms with E-state index in [0.29, 0.717) is 12.5 Å². The van der Waals surface area contributed by atoms with Crippen molar-refractivity contribution in [3.63, 3.8) is 0 Å². The van der Waals surface area contributed by atoms with Gasteiger partial charge in [-0.15, -0.1) is 0 Å². The number of aromatic hydroxyl groups is 1. The fourth-order valence-corrected chi connectivity index (χ4v) is 2.81. The molecule has 2 aliphatic rings. The van der Waals surface area contributed by atoms with Gasteiger partial charge in [0.1, 0.15) is 5.75 Å². The minimum Gasteiger partial charge on any atom is -0.508 e. The monoisotopic (exact) mass is 260 g/mol. The molecule has 1 heterocycles. The third-order valence-electron chi connectivity index (χ3n) is 3.92. The predicted molar refractivity (Wildman–Crippen MR) is 73.0 cm³/mol. The van der Waals surface area contributed by atoms with Gasteiger partial charge in [0.2, 0.25) is 5.91 Å². The third kappa shape index (κ3) is 3.26. The number of benzene rings is 1. The van der Waals surface area contributed by atoms with Gasteiger partial charge in [-0.25, -0.2) is 0 Å². The van der Waals surface area contributed by atoms with Crippen molar-refractivity contribution in [3.05, 3.63) is 29.8 Å². The van der Waals surface area contributed by atoms with Crippen LogP contribution in [-0.2, 0) is 11.2 Å². The molecule has 4 nitrogen and oxygen atoms in total. The molecule has 0 spiro atoms. The van der Waals surface area contributed by atoms with Crippen LogP contribution in [0.25, 0.3) is 0 Å². The topological polar surface area (TPSA) is 52.6 Å². The molecular formula is C15H20N2O2. The van der Waals surface area contributed by atoms with Crippen molar-refractivity contribution in [2.24, 2.45) is 0 Å². The zero-order chi connectivity index (χ0) is 13.2. The first kappa shape index (κ1) is 12.5. The summed E-state index contributed by atoms with van der Waals surface area (Å²) in [4.78, 5) is 14.4. The van der Waals surface area contributed by atoms with E-state index in [1.54, 1.807) is 18.2 Å². The standard InChI is InChI=1S/C15H20N2O2/c18-14-3-1-2-11(8-14)9-15(19)16-12-6-7-17(10-12)13-4-5-13/h1-3,8,12-13,18H,4-7,9-10H2,(H,16,19)/t12-/m1/s1. The molecule has 1 saturated heterocycles. The number of likely N-dealkylation sites (tertiary alicyclic amines) is 1. The zero-order valence-electron chi connectivity index (χ0n) is 11.0. The molecule has 1 aliphatic carbocycles. The van der Waals surface area contributed by atoms with Crippen LogP contribution < -0.4 is 5.32 Å². The number of phenols is 1. The second-order valence-corrected chi connectivity index (χ2v) is 5.63. The molecule has 4 heteroatoms. The highest BCUT2D eigenvalue weighted by molar-refractivity contribution is 5.79. The molecule has 0 aromatic heterocycles. The van der Waals surface area contributed by atoms with Gasteiger partial charge in [-0.2, -0.15) is 0 Å². The van der Waals surface area contributed by atoms with Crippen LogP contribution in [0.2, 0.25) is 0 Å². The number of hydrogen-bond donors (Lipinski definition) is 2. The summed E-state index contributed by atoms with van der Waals surface area (Å²) in [6.07, 6.45) is 4.05. The summed E-state index contributed by atoms with van der Waals surface area (Å²) in [7, 11) is 0. The van der Waals surface area contributed by atoms with Crippen LogP contribution in [0, 0.1) is 0 Å². The number of carbonyl (C=O) groups is 1. The molecule has 0 radical (unpaired) electrons. The van der Waals surface area contributed by atoms with E-state index in [2.05, 4.69) is 10.2 Å². The van der Waals surface area contributed by atoms with Gasteiger partial charge in [0.15, 0.2) is 0 Å². The lowest BCUT2D eigenvalue weighted by Gasteiger charge is -2.15.